The molecule has 104 valence electrons. The van der Waals surface area contributed by atoms with Crippen LogP contribution in [0.5, 0.6) is 0 Å². The van der Waals surface area contributed by atoms with E-state index < -0.39 is 17.4 Å². The van der Waals surface area contributed by atoms with E-state index in [0.717, 1.165) is 24.6 Å². The Bertz CT molecular complexity index is 479. The fraction of sp³-hybridized carbons (Fsp3) is 0.500. The second-order valence-electron chi connectivity index (χ2n) is 5.03. The van der Waals surface area contributed by atoms with Crippen LogP contribution in [0, 0.1) is 17.6 Å². The summed E-state index contributed by atoms with van der Waals surface area (Å²) in [6.07, 6.45) is 0.893. The fourth-order valence-corrected chi connectivity index (χ4v) is 2.56. The van der Waals surface area contributed by atoms with Crippen LogP contribution in [0.2, 0.25) is 0 Å². The standard InChI is InChI=1S/C14H17F2NO2/c1-9-4-5-17(13(9)8-18)7-14(19)11-6-10(15)2-3-12(11)16/h2-3,6,9,13,18H,4-5,7-8H2,1H3. The van der Waals surface area contributed by atoms with Gasteiger partial charge in [0.15, 0.2) is 5.78 Å². The molecule has 0 amide bonds. The quantitative estimate of drug-likeness (QED) is 0.848. The average molecular weight is 269 g/mol. The number of aliphatic hydroxyl groups is 1. The van der Waals surface area contributed by atoms with Crippen LogP contribution in [0.1, 0.15) is 23.7 Å². The Balaban J connectivity index is 2.11. The molecular weight excluding hydrogens is 252 g/mol. The highest BCUT2D eigenvalue weighted by Crippen LogP contribution is 2.24. The van der Waals surface area contributed by atoms with Crippen LogP contribution in [-0.2, 0) is 0 Å². The van der Waals surface area contributed by atoms with Gasteiger partial charge in [-0.3, -0.25) is 9.69 Å². The number of likely N-dealkylation sites (tertiary alicyclic amines) is 1. The predicted octanol–water partition coefficient (Wildman–Crippen LogP) is 1.85. The Morgan fingerprint density at radius 3 is 2.89 bits per heavy atom. The third-order valence-electron chi connectivity index (χ3n) is 3.76. The molecule has 1 aromatic carbocycles. The Labute approximate surface area is 110 Å². The number of rotatable bonds is 4. The molecule has 1 saturated heterocycles. The van der Waals surface area contributed by atoms with Crippen LogP contribution in [0.25, 0.3) is 0 Å². The van der Waals surface area contributed by atoms with Crippen LogP contribution < -0.4 is 0 Å². The van der Waals surface area contributed by atoms with Crippen molar-refractivity contribution in [2.24, 2.45) is 5.92 Å². The number of Topliss-reactive ketones (excluding diaryl/α,β-unsaturated/α-hetero) is 1. The number of hydrogen-bond donors (Lipinski definition) is 1. The first-order chi connectivity index (χ1) is 9.02. The van der Waals surface area contributed by atoms with Crippen LogP contribution >= 0.6 is 0 Å². The number of hydrogen-bond acceptors (Lipinski definition) is 3. The van der Waals surface area contributed by atoms with Gasteiger partial charge in [0, 0.05) is 6.04 Å². The monoisotopic (exact) mass is 269 g/mol. The van der Waals surface area contributed by atoms with Crippen LogP contribution in [0.3, 0.4) is 0 Å². The third kappa shape index (κ3) is 2.98. The molecule has 0 radical (unpaired) electrons. The van der Waals surface area contributed by atoms with E-state index in [-0.39, 0.29) is 24.8 Å². The van der Waals surface area contributed by atoms with Gasteiger partial charge in [-0.1, -0.05) is 6.92 Å². The summed E-state index contributed by atoms with van der Waals surface area (Å²) in [5, 5.41) is 9.30. The highest BCUT2D eigenvalue weighted by Gasteiger charge is 2.32. The zero-order valence-corrected chi connectivity index (χ0v) is 10.8. The van der Waals surface area contributed by atoms with E-state index in [9.17, 15) is 18.7 Å². The molecule has 2 rings (SSSR count). The number of ketones is 1. The Hall–Kier alpha value is -1.33. The van der Waals surface area contributed by atoms with Gasteiger partial charge in [0.25, 0.3) is 0 Å². The van der Waals surface area contributed by atoms with Gasteiger partial charge in [-0.05, 0) is 37.1 Å². The molecule has 1 aliphatic rings. The van der Waals surface area contributed by atoms with Gasteiger partial charge in [-0.15, -0.1) is 0 Å². The topological polar surface area (TPSA) is 40.5 Å². The Morgan fingerprint density at radius 2 is 2.21 bits per heavy atom. The normalized spacial score (nSPS) is 23.8. The maximum absolute atomic E-state index is 13.5. The van der Waals surface area contributed by atoms with Crippen LogP contribution in [0.15, 0.2) is 18.2 Å². The van der Waals surface area contributed by atoms with Gasteiger partial charge in [-0.2, -0.15) is 0 Å². The third-order valence-corrected chi connectivity index (χ3v) is 3.76. The first-order valence-electron chi connectivity index (χ1n) is 6.36. The molecule has 0 aromatic heterocycles. The summed E-state index contributed by atoms with van der Waals surface area (Å²) in [5.74, 6) is -1.49. The van der Waals surface area contributed by atoms with Crippen molar-refractivity contribution in [3.05, 3.63) is 35.4 Å². The largest absolute Gasteiger partial charge is 0.395 e. The number of carbonyl (C=O) groups excluding carboxylic acids is 1. The minimum atomic E-state index is -0.709. The number of nitrogens with zero attached hydrogens (tertiary/aromatic N) is 1. The lowest BCUT2D eigenvalue weighted by atomic mass is 10.0. The van der Waals surface area contributed by atoms with E-state index in [1.54, 1.807) is 0 Å². The number of halogens is 2. The zero-order chi connectivity index (χ0) is 14.0. The summed E-state index contributed by atoms with van der Waals surface area (Å²) in [7, 11) is 0. The van der Waals surface area contributed by atoms with Crippen molar-refractivity contribution in [1.29, 1.82) is 0 Å². The van der Waals surface area contributed by atoms with Crippen molar-refractivity contribution >= 4 is 5.78 Å². The van der Waals surface area contributed by atoms with Gasteiger partial charge in [0.2, 0.25) is 0 Å². The molecule has 2 unspecified atom stereocenters. The summed E-state index contributed by atoms with van der Waals surface area (Å²) in [6.45, 7) is 2.68. The zero-order valence-electron chi connectivity index (χ0n) is 10.8. The molecule has 2 atom stereocenters. The van der Waals surface area contributed by atoms with Gasteiger partial charge < -0.3 is 5.11 Å². The molecule has 1 aromatic rings. The van der Waals surface area contributed by atoms with Gasteiger partial charge >= 0.3 is 0 Å². The maximum Gasteiger partial charge on any atom is 0.179 e. The molecule has 3 nitrogen and oxygen atoms in total. The van der Waals surface area contributed by atoms with Crippen molar-refractivity contribution in [1.82, 2.24) is 4.90 Å². The number of aliphatic hydroxyl groups excluding tert-OH is 1. The predicted molar refractivity (Wildman–Crippen MR) is 66.9 cm³/mol. The molecule has 1 fully saturated rings. The number of benzene rings is 1. The SMILES string of the molecule is CC1CCN(CC(=O)c2cc(F)ccc2F)C1CO. The molecule has 0 bridgehead atoms. The van der Waals surface area contributed by atoms with Gasteiger partial charge in [0.05, 0.1) is 18.7 Å². The first kappa shape index (κ1) is 14.1. The van der Waals surface area contributed by atoms with E-state index in [0.29, 0.717) is 12.5 Å². The lowest BCUT2D eigenvalue weighted by molar-refractivity contribution is 0.0862. The van der Waals surface area contributed by atoms with Crippen molar-refractivity contribution in [3.63, 3.8) is 0 Å². The molecule has 0 aliphatic carbocycles. The van der Waals surface area contributed by atoms with Crippen molar-refractivity contribution in [2.45, 2.75) is 19.4 Å². The van der Waals surface area contributed by atoms with E-state index >= 15 is 0 Å². The molecule has 0 saturated carbocycles. The second-order valence-corrected chi connectivity index (χ2v) is 5.03. The highest BCUT2D eigenvalue weighted by atomic mass is 19.1. The molecule has 19 heavy (non-hydrogen) atoms. The summed E-state index contributed by atoms with van der Waals surface area (Å²) in [5.41, 5.74) is -0.226. The minimum Gasteiger partial charge on any atom is -0.395 e. The van der Waals surface area contributed by atoms with Crippen molar-refractivity contribution in [3.8, 4) is 0 Å². The average Bonchev–Trinajstić information content (AvgIpc) is 2.72. The lowest BCUT2D eigenvalue weighted by Crippen LogP contribution is -2.38. The van der Waals surface area contributed by atoms with Crippen molar-refractivity contribution < 1.29 is 18.7 Å². The van der Waals surface area contributed by atoms with Crippen LogP contribution in [-0.4, -0.2) is 41.5 Å². The van der Waals surface area contributed by atoms with E-state index in [1.165, 1.54) is 0 Å². The van der Waals surface area contributed by atoms with Crippen molar-refractivity contribution in [2.75, 3.05) is 19.7 Å². The summed E-state index contributed by atoms with van der Waals surface area (Å²) in [4.78, 5) is 13.8. The lowest BCUT2D eigenvalue weighted by Gasteiger charge is -2.24. The molecular formula is C14H17F2NO2. The van der Waals surface area contributed by atoms with Gasteiger partial charge in [-0.25, -0.2) is 8.78 Å². The number of carbonyl (C=O) groups is 1. The van der Waals surface area contributed by atoms with E-state index in [1.807, 2.05) is 11.8 Å². The Kier molecular flexibility index (Phi) is 4.27. The molecule has 5 heteroatoms. The van der Waals surface area contributed by atoms with E-state index in [4.69, 9.17) is 0 Å². The summed E-state index contributed by atoms with van der Waals surface area (Å²) in [6, 6.07) is 2.78. The second kappa shape index (κ2) is 5.75. The first-order valence-corrected chi connectivity index (χ1v) is 6.36. The smallest absolute Gasteiger partial charge is 0.179 e. The van der Waals surface area contributed by atoms with E-state index in [2.05, 4.69) is 0 Å². The molecule has 1 aliphatic heterocycles. The maximum atomic E-state index is 13.5. The fourth-order valence-electron chi connectivity index (χ4n) is 2.56. The molecule has 0 spiro atoms. The summed E-state index contributed by atoms with van der Waals surface area (Å²) >= 11 is 0. The highest BCUT2D eigenvalue weighted by molar-refractivity contribution is 5.97. The molecule has 1 N–H and O–H groups in total. The van der Waals surface area contributed by atoms with Gasteiger partial charge in [0.1, 0.15) is 11.6 Å². The Morgan fingerprint density at radius 1 is 1.47 bits per heavy atom. The summed E-state index contributed by atoms with van der Waals surface area (Å²) < 4.78 is 26.5. The molecule has 1 heterocycles. The minimum absolute atomic E-state index is 0.00986. The van der Waals surface area contributed by atoms with Crippen LogP contribution in [0.4, 0.5) is 8.78 Å².